The topological polar surface area (TPSA) is 15.3 Å². The molecule has 0 radical (unpaired) electrons. The Balaban J connectivity index is 2.19. The van der Waals surface area contributed by atoms with Gasteiger partial charge in [-0.2, -0.15) is 0 Å². The molecule has 1 heterocycles. The third-order valence-corrected chi connectivity index (χ3v) is 4.10. The van der Waals surface area contributed by atoms with Crippen molar-refractivity contribution in [2.24, 2.45) is 5.92 Å². The number of nitrogens with zero attached hydrogens (tertiary/aromatic N) is 1. The molecule has 1 saturated heterocycles. The average molecular weight is 299 g/mol. The van der Waals surface area contributed by atoms with Crippen LogP contribution in [-0.4, -0.2) is 31.1 Å². The molecule has 1 aliphatic heterocycles. The Hall–Kier alpha value is -0.640. The van der Waals surface area contributed by atoms with E-state index in [1.54, 1.807) is 6.07 Å². The van der Waals surface area contributed by atoms with Gasteiger partial charge >= 0.3 is 0 Å². The van der Waals surface area contributed by atoms with Gasteiger partial charge in [0, 0.05) is 37.2 Å². The van der Waals surface area contributed by atoms with E-state index in [1.807, 2.05) is 6.07 Å². The first-order chi connectivity index (χ1) is 9.56. The van der Waals surface area contributed by atoms with Gasteiger partial charge in [0.25, 0.3) is 0 Å². The van der Waals surface area contributed by atoms with Gasteiger partial charge in [0.05, 0.1) is 0 Å². The van der Waals surface area contributed by atoms with Gasteiger partial charge in [-0.1, -0.05) is 25.4 Å². The van der Waals surface area contributed by atoms with Crippen molar-refractivity contribution >= 4 is 11.6 Å². The first kappa shape index (κ1) is 15.7. The number of rotatable bonds is 5. The van der Waals surface area contributed by atoms with Crippen LogP contribution in [0.15, 0.2) is 18.2 Å². The van der Waals surface area contributed by atoms with Crippen LogP contribution in [0.3, 0.4) is 0 Å². The first-order valence-electron chi connectivity index (χ1n) is 7.47. The van der Waals surface area contributed by atoms with Crippen molar-refractivity contribution in [3.63, 3.8) is 0 Å². The number of benzene rings is 1. The molecule has 1 atom stereocenters. The predicted octanol–water partition coefficient (Wildman–Crippen LogP) is 3.86. The van der Waals surface area contributed by atoms with Crippen LogP contribution >= 0.6 is 11.6 Å². The highest BCUT2D eigenvalue weighted by Gasteiger charge is 2.23. The highest BCUT2D eigenvalue weighted by atomic mass is 35.5. The Morgan fingerprint density at radius 2 is 1.90 bits per heavy atom. The molecule has 2 rings (SSSR count). The van der Waals surface area contributed by atoms with Gasteiger partial charge in [-0.05, 0) is 42.5 Å². The van der Waals surface area contributed by atoms with E-state index in [0.717, 1.165) is 44.6 Å². The molecular weight excluding hydrogens is 275 g/mol. The summed E-state index contributed by atoms with van der Waals surface area (Å²) >= 11 is 6.02. The van der Waals surface area contributed by atoms with Crippen LogP contribution < -0.4 is 5.32 Å². The van der Waals surface area contributed by atoms with Crippen molar-refractivity contribution < 1.29 is 4.39 Å². The van der Waals surface area contributed by atoms with Crippen LogP contribution in [0.25, 0.3) is 0 Å². The normalized spacial score (nSPS) is 18.4. The quantitative estimate of drug-likeness (QED) is 0.888. The molecule has 1 N–H and O–H groups in total. The summed E-state index contributed by atoms with van der Waals surface area (Å²) in [7, 11) is 0. The van der Waals surface area contributed by atoms with E-state index in [1.165, 1.54) is 6.07 Å². The zero-order valence-corrected chi connectivity index (χ0v) is 13.1. The average Bonchev–Trinajstić information content (AvgIpc) is 2.38. The van der Waals surface area contributed by atoms with Crippen molar-refractivity contribution in [2.75, 3.05) is 26.2 Å². The van der Waals surface area contributed by atoms with Gasteiger partial charge in [0.1, 0.15) is 5.82 Å². The second-order valence-electron chi connectivity index (χ2n) is 5.98. The van der Waals surface area contributed by atoms with E-state index in [-0.39, 0.29) is 11.9 Å². The molecule has 0 unspecified atom stereocenters. The lowest BCUT2D eigenvalue weighted by molar-refractivity contribution is 0.159. The van der Waals surface area contributed by atoms with Crippen LogP contribution in [0.2, 0.25) is 5.02 Å². The molecule has 2 nitrogen and oxygen atoms in total. The van der Waals surface area contributed by atoms with E-state index in [2.05, 4.69) is 24.1 Å². The second kappa shape index (κ2) is 7.39. The molecule has 0 saturated carbocycles. The first-order valence-corrected chi connectivity index (χ1v) is 7.85. The lowest BCUT2D eigenvalue weighted by Crippen LogP contribution is -2.45. The highest BCUT2D eigenvalue weighted by molar-refractivity contribution is 6.30. The van der Waals surface area contributed by atoms with E-state index in [0.29, 0.717) is 10.9 Å². The van der Waals surface area contributed by atoms with Crippen molar-refractivity contribution in [1.29, 1.82) is 0 Å². The lowest BCUT2D eigenvalue weighted by atomic mass is 9.95. The third kappa shape index (κ3) is 4.44. The molecule has 1 aliphatic rings. The highest BCUT2D eigenvalue weighted by Crippen LogP contribution is 2.30. The molecule has 20 heavy (non-hydrogen) atoms. The SMILES string of the molecule is CC(C)CC[C@H](c1cc(F)cc(Cl)c1)N1CCNCC1. The van der Waals surface area contributed by atoms with E-state index in [4.69, 9.17) is 11.6 Å². The minimum absolute atomic E-state index is 0.239. The molecule has 0 aliphatic carbocycles. The smallest absolute Gasteiger partial charge is 0.125 e. The molecule has 0 aromatic heterocycles. The van der Waals surface area contributed by atoms with Gasteiger partial charge in [-0.3, -0.25) is 4.90 Å². The predicted molar refractivity (Wildman–Crippen MR) is 82.7 cm³/mol. The van der Waals surface area contributed by atoms with Gasteiger partial charge in [-0.15, -0.1) is 0 Å². The zero-order chi connectivity index (χ0) is 14.5. The summed E-state index contributed by atoms with van der Waals surface area (Å²) in [6.07, 6.45) is 2.19. The van der Waals surface area contributed by atoms with E-state index >= 15 is 0 Å². The standard InChI is InChI=1S/C16H24ClFN2/c1-12(2)3-4-16(20-7-5-19-6-8-20)13-9-14(17)11-15(18)10-13/h9-12,16,19H,3-8H2,1-2H3/t16-/m1/s1. The molecule has 0 bridgehead atoms. The van der Waals surface area contributed by atoms with Gasteiger partial charge in [0.2, 0.25) is 0 Å². The summed E-state index contributed by atoms with van der Waals surface area (Å²) in [5.74, 6) is 0.418. The zero-order valence-electron chi connectivity index (χ0n) is 12.3. The van der Waals surface area contributed by atoms with Crippen LogP contribution in [0.5, 0.6) is 0 Å². The van der Waals surface area contributed by atoms with Crippen molar-refractivity contribution in [1.82, 2.24) is 10.2 Å². The second-order valence-corrected chi connectivity index (χ2v) is 6.41. The Morgan fingerprint density at radius 1 is 1.20 bits per heavy atom. The monoisotopic (exact) mass is 298 g/mol. The molecule has 112 valence electrons. The fraction of sp³-hybridized carbons (Fsp3) is 0.625. The molecule has 1 aromatic rings. The van der Waals surface area contributed by atoms with E-state index in [9.17, 15) is 4.39 Å². The van der Waals surface area contributed by atoms with Crippen LogP contribution in [0, 0.1) is 11.7 Å². The summed E-state index contributed by atoms with van der Waals surface area (Å²) < 4.78 is 13.6. The number of halogens is 2. The Kier molecular flexibility index (Phi) is 5.82. The van der Waals surface area contributed by atoms with E-state index < -0.39 is 0 Å². The van der Waals surface area contributed by atoms with Crippen LogP contribution in [0.4, 0.5) is 4.39 Å². The largest absolute Gasteiger partial charge is 0.314 e. The Labute approximate surface area is 126 Å². The summed E-state index contributed by atoms with van der Waals surface area (Å²) in [6, 6.07) is 5.20. The maximum absolute atomic E-state index is 13.6. The van der Waals surface area contributed by atoms with Gasteiger partial charge in [-0.25, -0.2) is 4.39 Å². The van der Waals surface area contributed by atoms with Crippen molar-refractivity contribution in [3.05, 3.63) is 34.6 Å². The van der Waals surface area contributed by atoms with Gasteiger partial charge < -0.3 is 5.32 Å². The Bertz CT molecular complexity index is 410. The molecule has 1 fully saturated rings. The van der Waals surface area contributed by atoms with Crippen LogP contribution in [-0.2, 0) is 0 Å². The fourth-order valence-corrected chi connectivity index (χ4v) is 3.04. The number of hydrogen-bond donors (Lipinski definition) is 1. The minimum Gasteiger partial charge on any atom is -0.314 e. The summed E-state index contributed by atoms with van der Waals surface area (Å²) in [5, 5.41) is 3.86. The third-order valence-electron chi connectivity index (χ3n) is 3.88. The van der Waals surface area contributed by atoms with Crippen molar-refractivity contribution in [3.8, 4) is 0 Å². The summed E-state index contributed by atoms with van der Waals surface area (Å²) in [4.78, 5) is 2.45. The Morgan fingerprint density at radius 3 is 2.50 bits per heavy atom. The number of nitrogens with one attached hydrogen (secondary N) is 1. The number of piperazine rings is 1. The molecule has 4 heteroatoms. The van der Waals surface area contributed by atoms with Gasteiger partial charge in [0.15, 0.2) is 0 Å². The van der Waals surface area contributed by atoms with Crippen LogP contribution in [0.1, 0.15) is 38.3 Å². The molecule has 0 amide bonds. The maximum atomic E-state index is 13.6. The summed E-state index contributed by atoms with van der Waals surface area (Å²) in [6.45, 7) is 8.48. The number of hydrogen-bond acceptors (Lipinski definition) is 2. The fourth-order valence-electron chi connectivity index (χ4n) is 2.81. The summed E-state index contributed by atoms with van der Waals surface area (Å²) in [5.41, 5.74) is 1.01. The maximum Gasteiger partial charge on any atom is 0.125 e. The molecule has 1 aromatic carbocycles. The minimum atomic E-state index is -0.239. The lowest BCUT2D eigenvalue weighted by Gasteiger charge is -2.35. The molecular formula is C16H24ClFN2. The van der Waals surface area contributed by atoms with Crippen molar-refractivity contribution in [2.45, 2.75) is 32.7 Å². The molecule has 0 spiro atoms.